The summed E-state index contributed by atoms with van der Waals surface area (Å²) in [5.74, 6) is -0.579. The number of fused-ring (bicyclic) bond motifs is 1. The molecule has 1 saturated carbocycles. The second-order valence-electron chi connectivity index (χ2n) is 9.07. The molecule has 0 saturated heterocycles. The van der Waals surface area contributed by atoms with Crippen molar-refractivity contribution in [2.75, 3.05) is 42.4 Å². The van der Waals surface area contributed by atoms with Crippen molar-refractivity contribution in [1.29, 1.82) is 0 Å². The molecule has 1 aromatic carbocycles. The number of nitrogens with zero attached hydrogens (tertiary/aromatic N) is 5. The Bertz CT molecular complexity index is 1090. The van der Waals surface area contributed by atoms with Gasteiger partial charge in [-0.25, -0.2) is 14.2 Å². The predicted octanol–water partition coefficient (Wildman–Crippen LogP) is 4.62. The predicted molar refractivity (Wildman–Crippen MR) is 134 cm³/mol. The Morgan fingerprint density at radius 2 is 2.00 bits per heavy atom. The summed E-state index contributed by atoms with van der Waals surface area (Å²) in [6.07, 6.45) is 5.89. The van der Waals surface area contributed by atoms with E-state index in [-0.39, 0.29) is 35.7 Å². The first-order valence-electron chi connectivity index (χ1n) is 12.0. The van der Waals surface area contributed by atoms with Crippen molar-refractivity contribution in [3.05, 3.63) is 28.7 Å². The molecule has 0 radical (unpaired) electrons. The van der Waals surface area contributed by atoms with Gasteiger partial charge in [0.15, 0.2) is 11.6 Å². The third-order valence-corrected chi connectivity index (χ3v) is 7.02. The average Bonchev–Trinajstić information content (AvgIpc) is 2.83. The van der Waals surface area contributed by atoms with Crippen LogP contribution in [-0.2, 0) is 6.54 Å². The van der Waals surface area contributed by atoms with E-state index in [2.05, 4.69) is 34.3 Å². The van der Waals surface area contributed by atoms with Crippen molar-refractivity contribution in [2.24, 2.45) is 0 Å². The number of ether oxygens (including phenoxy) is 1. The maximum absolute atomic E-state index is 15.0. The fourth-order valence-corrected chi connectivity index (χ4v) is 5.04. The average molecular weight is 507 g/mol. The number of anilines is 3. The molecule has 2 aromatic rings. The maximum atomic E-state index is 15.0. The Morgan fingerprint density at radius 1 is 1.29 bits per heavy atom. The number of halogens is 2. The summed E-state index contributed by atoms with van der Waals surface area (Å²) in [4.78, 5) is 27.4. The fraction of sp³-hybridized carbons (Fsp3) is 0.542. The zero-order chi connectivity index (χ0) is 25.3. The van der Waals surface area contributed by atoms with Crippen LogP contribution in [0.1, 0.15) is 45.1 Å². The quantitative estimate of drug-likeness (QED) is 0.565. The van der Waals surface area contributed by atoms with Gasteiger partial charge in [-0.1, -0.05) is 11.6 Å². The lowest BCUT2D eigenvalue weighted by Gasteiger charge is -2.36. The second kappa shape index (κ2) is 10.4. The van der Waals surface area contributed by atoms with Gasteiger partial charge in [0.1, 0.15) is 22.3 Å². The summed E-state index contributed by atoms with van der Waals surface area (Å²) in [6.45, 7) is 4.14. The SMILES string of the molecule is CCOc1cc(O)c(F)c(N2Cc3cnc(NC4CCC(N(C)C)CC4)nc3N(CC)C2=O)c1Cl. The van der Waals surface area contributed by atoms with Gasteiger partial charge in [0.25, 0.3) is 0 Å². The molecular formula is C24H32ClFN6O3. The third-order valence-electron chi connectivity index (χ3n) is 6.66. The first kappa shape index (κ1) is 25.2. The van der Waals surface area contributed by atoms with Gasteiger partial charge in [-0.2, -0.15) is 4.98 Å². The van der Waals surface area contributed by atoms with Crippen molar-refractivity contribution in [3.8, 4) is 11.5 Å². The number of benzene rings is 1. The number of phenols is 1. The molecule has 4 rings (SSSR count). The lowest BCUT2D eigenvalue weighted by Crippen LogP contribution is -2.48. The van der Waals surface area contributed by atoms with Gasteiger partial charge in [0.2, 0.25) is 5.95 Å². The molecule has 0 atom stereocenters. The lowest BCUT2D eigenvalue weighted by molar-refractivity contribution is 0.221. The van der Waals surface area contributed by atoms with Crippen molar-refractivity contribution in [2.45, 2.75) is 58.2 Å². The largest absolute Gasteiger partial charge is 0.505 e. The van der Waals surface area contributed by atoms with Gasteiger partial charge in [-0.15, -0.1) is 0 Å². The molecule has 2 heterocycles. The van der Waals surface area contributed by atoms with E-state index in [1.807, 2.05) is 6.92 Å². The van der Waals surface area contributed by atoms with E-state index in [0.29, 0.717) is 29.9 Å². The van der Waals surface area contributed by atoms with E-state index < -0.39 is 17.6 Å². The summed E-state index contributed by atoms with van der Waals surface area (Å²) in [5.41, 5.74) is 0.411. The second-order valence-corrected chi connectivity index (χ2v) is 9.45. The Morgan fingerprint density at radius 3 is 2.63 bits per heavy atom. The molecule has 2 amide bonds. The van der Waals surface area contributed by atoms with Crippen LogP contribution < -0.4 is 19.9 Å². The molecule has 11 heteroatoms. The molecule has 9 nitrogen and oxygen atoms in total. The fourth-order valence-electron chi connectivity index (χ4n) is 4.75. The van der Waals surface area contributed by atoms with Crippen LogP contribution in [0, 0.1) is 5.82 Å². The summed E-state index contributed by atoms with van der Waals surface area (Å²) in [6, 6.07) is 1.47. The maximum Gasteiger partial charge on any atom is 0.330 e. The highest BCUT2D eigenvalue weighted by molar-refractivity contribution is 6.35. The van der Waals surface area contributed by atoms with E-state index in [1.165, 1.54) is 9.80 Å². The van der Waals surface area contributed by atoms with E-state index in [1.54, 1.807) is 13.1 Å². The molecule has 1 aromatic heterocycles. The minimum absolute atomic E-state index is 0.00451. The number of carbonyl (C=O) groups excluding carboxylic acids is 1. The summed E-state index contributed by atoms with van der Waals surface area (Å²) in [7, 11) is 4.22. The number of rotatable bonds is 7. The number of nitrogens with one attached hydrogen (secondary N) is 1. The number of urea groups is 1. The summed E-state index contributed by atoms with van der Waals surface area (Å²) < 4.78 is 20.4. The normalized spacial score (nSPS) is 20.3. The molecule has 0 spiro atoms. The first-order valence-corrected chi connectivity index (χ1v) is 12.3. The molecule has 1 fully saturated rings. The Labute approximate surface area is 209 Å². The zero-order valence-corrected chi connectivity index (χ0v) is 21.3. The van der Waals surface area contributed by atoms with E-state index in [4.69, 9.17) is 16.3 Å². The van der Waals surface area contributed by atoms with Crippen molar-refractivity contribution >= 4 is 35.1 Å². The first-order chi connectivity index (χ1) is 16.7. The number of hydrogen-bond donors (Lipinski definition) is 2. The number of aromatic nitrogens is 2. The standard InChI is InChI=1S/C24H32ClFN6O3/c1-5-31-22-14(12-27-23(29-22)28-15-7-9-16(10-8-15)30(3)4)13-32(24(31)34)21-19(25)18(35-6-2)11-17(33)20(21)26/h11-12,15-16,33H,5-10,13H2,1-4H3,(H,27,28,29). The van der Waals surface area contributed by atoms with Crippen LogP contribution in [0.3, 0.4) is 0 Å². The highest BCUT2D eigenvalue weighted by atomic mass is 35.5. The zero-order valence-electron chi connectivity index (χ0n) is 20.5. The molecule has 0 bridgehead atoms. The molecule has 1 aliphatic carbocycles. The van der Waals surface area contributed by atoms with Crippen LogP contribution in [0.5, 0.6) is 11.5 Å². The number of amides is 2. The minimum Gasteiger partial charge on any atom is -0.505 e. The van der Waals surface area contributed by atoms with Gasteiger partial charge in [-0.3, -0.25) is 9.80 Å². The Hall–Kier alpha value is -2.85. The summed E-state index contributed by atoms with van der Waals surface area (Å²) >= 11 is 6.41. The van der Waals surface area contributed by atoms with Crippen LogP contribution in [0.2, 0.25) is 5.02 Å². The van der Waals surface area contributed by atoms with E-state index in [9.17, 15) is 9.90 Å². The number of aromatic hydroxyl groups is 1. The van der Waals surface area contributed by atoms with Crippen LogP contribution in [0.25, 0.3) is 0 Å². The third kappa shape index (κ3) is 4.95. The molecule has 0 unspecified atom stereocenters. The van der Waals surface area contributed by atoms with Crippen molar-refractivity contribution < 1.29 is 19.0 Å². The van der Waals surface area contributed by atoms with Gasteiger partial charge >= 0.3 is 6.03 Å². The van der Waals surface area contributed by atoms with Crippen molar-refractivity contribution in [3.63, 3.8) is 0 Å². The number of hydrogen-bond acceptors (Lipinski definition) is 7. The molecular weight excluding hydrogens is 475 g/mol. The van der Waals surface area contributed by atoms with Crippen LogP contribution in [0.15, 0.2) is 12.3 Å². The molecule has 2 aliphatic rings. The smallest absolute Gasteiger partial charge is 0.330 e. The molecule has 190 valence electrons. The minimum atomic E-state index is -0.987. The van der Waals surface area contributed by atoms with Gasteiger partial charge in [0.05, 0.1) is 13.2 Å². The van der Waals surface area contributed by atoms with Gasteiger partial charge < -0.3 is 20.1 Å². The number of phenolic OH excluding ortho intramolecular Hbond substituents is 1. The van der Waals surface area contributed by atoms with Gasteiger partial charge in [0, 0.05) is 36.5 Å². The van der Waals surface area contributed by atoms with Crippen LogP contribution in [-0.4, -0.2) is 65.3 Å². The molecule has 2 N–H and O–H groups in total. The van der Waals surface area contributed by atoms with Crippen molar-refractivity contribution in [1.82, 2.24) is 14.9 Å². The Kier molecular flexibility index (Phi) is 7.51. The highest BCUT2D eigenvalue weighted by Crippen LogP contribution is 2.44. The monoisotopic (exact) mass is 506 g/mol. The topological polar surface area (TPSA) is 94.1 Å². The Balaban J connectivity index is 1.61. The molecule has 1 aliphatic heterocycles. The molecule has 35 heavy (non-hydrogen) atoms. The van der Waals surface area contributed by atoms with E-state index in [0.717, 1.165) is 31.7 Å². The van der Waals surface area contributed by atoms with Gasteiger partial charge in [-0.05, 0) is 53.6 Å². The van der Waals surface area contributed by atoms with E-state index >= 15 is 4.39 Å². The lowest BCUT2D eigenvalue weighted by atomic mass is 9.91. The van der Waals surface area contributed by atoms with Crippen LogP contribution >= 0.6 is 11.6 Å². The number of carbonyl (C=O) groups is 1. The van der Waals surface area contributed by atoms with Crippen LogP contribution in [0.4, 0.5) is 26.6 Å². The summed E-state index contributed by atoms with van der Waals surface area (Å²) in [5, 5.41) is 13.4. The highest BCUT2D eigenvalue weighted by Gasteiger charge is 2.36.